The van der Waals surface area contributed by atoms with Gasteiger partial charge >= 0.3 is 23.9 Å². The van der Waals surface area contributed by atoms with Gasteiger partial charge in [-0.3, -0.25) is 0 Å². The van der Waals surface area contributed by atoms with Crippen molar-refractivity contribution in [2.75, 3.05) is 92.5 Å². The zero-order chi connectivity index (χ0) is 41.5. The van der Waals surface area contributed by atoms with Crippen LogP contribution in [0.4, 0.5) is 0 Å². The maximum atomic E-state index is 11.8. The van der Waals surface area contributed by atoms with E-state index in [1.165, 1.54) is 0 Å². The van der Waals surface area contributed by atoms with Crippen molar-refractivity contribution in [1.29, 1.82) is 0 Å². The molecule has 0 aliphatic carbocycles. The predicted octanol–water partition coefficient (Wildman–Crippen LogP) is 4.37. The number of esters is 4. The van der Waals surface area contributed by atoms with Gasteiger partial charge < -0.3 is 52.1 Å². The fraction of sp³-hybridized carbons (Fsp3) is 0.700. The second-order valence-corrected chi connectivity index (χ2v) is 13.5. The summed E-state index contributed by atoms with van der Waals surface area (Å²) in [6.07, 6.45) is 3.52. The molecule has 0 rings (SSSR count). The lowest BCUT2D eigenvalue weighted by atomic mass is 9.90. The summed E-state index contributed by atoms with van der Waals surface area (Å²) in [4.78, 5) is 47.1. The number of rotatable bonds is 36. The molecule has 0 aromatic heterocycles. The smallest absolute Gasteiger partial charge is 0.330 e. The Labute approximate surface area is 327 Å². The standard InChI is InChI=1S/C40H66O15/c1-11-17-45-23-39(24-46-18-12-2,25-47-19-31(7)52-35(41)13-3)29-51-30-40(26-48-20-32(8)53-36(42)14-4,27-49-21-33(9)54-37(43)15-5)28-50-22-34(10)55-38(44)16-6/h13-16,31-34H,3-6,11-12,17-30H2,1-2,7-10H3. The van der Waals surface area contributed by atoms with Crippen LogP contribution in [0.25, 0.3) is 0 Å². The number of carbonyl (C=O) groups excluding carboxylic acids is 4. The predicted molar refractivity (Wildman–Crippen MR) is 204 cm³/mol. The van der Waals surface area contributed by atoms with Gasteiger partial charge in [-0.1, -0.05) is 40.2 Å². The molecule has 0 heterocycles. The van der Waals surface area contributed by atoms with E-state index in [2.05, 4.69) is 26.3 Å². The molecule has 0 spiro atoms. The molecule has 0 N–H and O–H groups in total. The number of hydrogen-bond donors (Lipinski definition) is 0. The van der Waals surface area contributed by atoms with Crippen LogP contribution in [0.3, 0.4) is 0 Å². The Kier molecular flexibility index (Phi) is 28.8. The average molecular weight is 787 g/mol. The van der Waals surface area contributed by atoms with E-state index in [0.717, 1.165) is 37.1 Å². The minimum atomic E-state index is -0.999. The first-order chi connectivity index (χ1) is 26.2. The Hall–Kier alpha value is -3.44. The molecule has 0 radical (unpaired) electrons. The Morgan fingerprint density at radius 1 is 0.418 bits per heavy atom. The molecular weight excluding hydrogens is 720 g/mol. The molecule has 0 saturated carbocycles. The molecule has 55 heavy (non-hydrogen) atoms. The van der Waals surface area contributed by atoms with Crippen LogP contribution in [0.5, 0.6) is 0 Å². The largest absolute Gasteiger partial charge is 0.457 e. The van der Waals surface area contributed by atoms with E-state index < -0.39 is 59.1 Å². The average Bonchev–Trinajstić information content (AvgIpc) is 3.14. The Morgan fingerprint density at radius 3 is 0.855 bits per heavy atom. The highest BCUT2D eigenvalue weighted by molar-refractivity contribution is 5.82. The van der Waals surface area contributed by atoms with Gasteiger partial charge in [0.1, 0.15) is 24.4 Å². The summed E-state index contributed by atoms with van der Waals surface area (Å²) in [5, 5.41) is 0. The molecule has 0 aliphatic rings. The second kappa shape index (κ2) is 30.7. The highest BCUT2D eigenvalue weighted by Crippen LogP contribution is 2.26. The molecule has 0 aromatic rings. The van der Waals surface area contributed by atoms with Crippen molar-refractivity contribution in [2.45, 2.75) is 78.8 Å². The summed E-state index contributed by atoms with van der Waals surface area (Å²) in [6, 6.07) is 0. The van der Waals surface area contributed by atoms with Crippen LogP contribution in [-0.2, 0) is 71.3 Å². The maximum Gasteiger partial charge on any atom is 0.330 e. The molecule has 4 unspecified atom stereocenters. The lowest BCUT2D eigenvalue weighted by Crippen LogP contribution is -2.47. The molecule has 0 bridgehead atoms. The van der Waals surface area contributed by atoms with Gasteiger partial charge in [-0.05, 0) is 40.5 Å². The molecule has 0 aliphatic heterocycles. The zero-order valence-electron chi connectivity index (χ0n) is 33.9. The van der Waals surface area contributed by atoms with E-state index in [9.17, 15) is 19.2 Å². The molecule has 15 heteroatoms. The van der Waals surface area contributed by atoms with E-state index in [1.807, 2.05) is 13.8 Å². The summed E-state index contributed by atoms with van der Waals surface area (Å²) in [7, 11) is 0. The fourth-order valence-corrected chi connectivity index (χ4v) is 4.74. The van der Waals surface area contributed by atoms with Crippen LogP contribution < -0.4 is 0 Å². The first-order valence-corrected chi connectivity index (χ1v) is 18.6. The second-order valence-electron chi connectivity index (χ2n) is 13.5. The van der Waals surface area contributed by atoms with E-state index in [4.69, 9.17) is 52.1 Å². The van der Waals surface area contributed by atoms with Crippen LogP contribution in [0.2, 0.25) is 0 Å². The minimum Gasteiger partial charge on any atom is -0.457 e. The summed E-state index contributed by atoms with van der Waals surface area (Å²) in [5.74, 6) is -2.33. The molecule has 0 aromatic carbocycles. The van der Waals surface area contributed by atoms with E-state index >= 15 is 0 Å². The van der Waals surface area contributed by atoms with Crippen molar-refractivity contribution in [2.24, 2.45) is 10.8 Å². The fourth-order valence-electron chi connectivity index (χ4n) is 4.74. The number of ether oxygens (including phenoxy) is 11. The normalized spacial score (nSPS) is 14.7. The Bertz CT molecular complexity index is 1050. The molecule has 0 amide bonds. The third kappa shape index (κ3) is 25.4. The van der Waals surface area contributed by atoms with Crippen molar-refractivity contribution in [1.82, 2.24) is 0 Å². The summed E-state index contributed by atoms with van der Waals surface area (Å²) < 4.78 is 64.0. The molecule has 4 atom stereocenters. The molecule has 0 fully saturated rings. The van der Waals surface area contributed by atoms with E-state index in [1.54, 1.807) is 27.7 Å². The van der Waals surface area contributed by atoms with E-state index in [-0.39, 0.29) is 79.3 Å². The molecular formula is C40H66O15. The third-order valence-corrected chi connectivity index (χ3v) is 7.31. The van der Waals surface area contributed by atoms with Crippen LogP contribution in [0.1, 0.15) is 54.4 Å². The van der Waals surface area contributed by atoms with E-state index in [0.29, 0.717) is 13.2 Å². The lowest BCUT2D eigenvalue weighted by Gasteiger charge is -2.37. The highest BCUT2D eigenvalue weighted by atomic mass is 16.6. The highest BCUT2D eigenvalue weighted by Gasteiger charge is 2.37. The van der Waals surface area contributed by atoms with Gasteiger partial charge in [-0.2, -0.15) is 0 Å². The van der Waals surface area contributed by atoms with Crippen molar-refractivity contribution < 1.29 is 71.3 Å². The Morgan fingerprint density at radius 2 is 0.636 bits per heavy atom. The van der Waals surface area contributed by atoms with Crippen molar-refractivity contribution in [3.8, 4) is 0 Å². The van der Waals surface area contributed by atoms with Crippen LogP contribution in [0.15, 0.2) is 50.6 Å². The van der Waals surface area contributed by atoms with Gasteiger partial charge in [-0.25, -0.2) is 19.2 Å². The summed E-state index contributed by atoms with van der Waals surface area (Å²) in [6.45, 7) is 26.5. The SMILES string of the molecule is C=CC(=O)OC(C)COCC(COCCC)(COCCC)COCC(COCC(C)OC(=O)C=C)(COCC(C)OC(=O)C=C)COCC(C)OC(=O)C=C. The third-order valence-electron chi connectivity index (χ3n) is 7.31. The van der Waals surface area contributed by atoms with Crippen molar-refractivity contribution in [3.63, 3.8) is 0 Å². The van der Waals surface area contributed by atoms with Gasteiger partial charge in [0.25, 0.3) is 0 Å². The lowest BCUT2D eigenvalue weighted by molar-refractivity contribution is -0.163. The number of hydrogen-bond acceptors (Lipinski definition) is 15. The first kappa shape index (κ1) is 51.6. The van der Waals surface area contributed by atoms with Gasteiger partial charge in [-0.15, -0.1) is 0 Å². The molecule has 316 valence electrons. The topological polar surface area (TPSA) is 170 Å². The quantitative estimate of drug-likeness (QED) is 0.0380. The number of carbonyl (C=O) groups is 4. The molecule has 15 nitrogen and oxygen atoms in total. The van der Waals surface area contributed by atoms with Gasteiger partial charge in [0.15, 0.2) is 0 Å². The van der Waals surface area contributed by atoms with Crippen molar-refractivity contribution in [3.05, 3.63) is 50.6 Å². The first-order valence-electron chi connectivity index (χ1n) is 18.6. The minimum absolute atomic E-state index is 0.0129. The van der Waals surface area contributed by atoms with Crippen LogP contribution in [-0.4, -0.2) is 141 Å². The summed E-state index contributed by atoms with van der Waals surface area (Å²) >= 11 is 0. The van der Waals surface area contributed by atoms with Crippen molar-refractivity contribution >= 4 is 23.9 Å². The summed E-state index contributed by atoms with van der Waals surface area (Å²) in [5.41, 5.74) is -1.78. The van der Waals surface area contributed by atoms with Crippen LogP contribution in [0, 0.1) is 10.8 Å². The van der Waals surface area contributed by atoms with Gasteiger partial charge in [0.05, 0.1) is 90.1 Å². The van der Waals surface area contributed by atoms with Crippen LogP contribution >= 0.6 is 0 Å². The maximum absolute atomic E-state index is 11.8. The molecule has 0 saturated heterocycles. The zero-order valence-corrected chi connectivity index (χ0v) is 33.9. The Balaban J connectivity index is 6.46. The van der Waals surface area contributed by atoms with Gasteiger partial charge in [0.2, 0.25) is 0 Å². The monoisotopic (exact) mass is 786 g/mol. The van der Waals surface area contributed by atoms with Gasteiger partial charge in [0, 0.05) is 37.5 Å².